The summed E-state index contributed by atoms with van der Waals surface area (Å²) in [6, 6.07) is 6.53. The van der Waals surface area contributed by atoms with Gasteiger partial charge in [0.2, 0.25) is 0 Å². The Bertz CT molecular complexity index is 636. The Balaban J connectivity index is 0.00000729. The topological polar surface area (TPSA) is 116 Å². The number of hydrogen-bond donors (Lipinski definition) is 2. The molecule has 0 radical (unpaired) electrons. The van der Waals surface area contributed by atoms with Crippen LogP contribution in [-0.2, 0) is 19.9 Å². The molecule has 7 nitrogen and oxygen atoms in total. The molecule has 0 bridgehead atoms. The molecule has 0 aliphatic rings. The Hall–Kier alpha value is 0.320. The zero-order chi connectivity index (χ0) is 20.2. The van der Waals surface area contributed by atoms with Gasteiger partial charge in [0, 0.05) is 0 Å². The minimum absolute atomic E-state index is 0. The average molecular weight is 444 g/mol. The molecule has 0 aromatic heterocycles. The van der Waals surface area contributed by atoms with Gasteiger partial charge in [-0.15, -0.1) is 0 Å². The second-order valence-corrected chi connectivity index (χ2v) is 9.36. The van der Waals surface area contributed by atoms with Crippen LogP contribution in [0, 0.1) is 0 Å². The Labute approximate surface area is 190 Å². The molecule has 1 aromatic carbocycles. The number of unbranched alkanes of at least 4 members (excludes halogenated alkanes) is 9. The quantitative estimate of drug-likeness (QED) is 0.242. The minimum atomic E-state index is -5.19. The van der Waals surface area contributed by atoms with Gasteiger partial charge in [-0.2, -0.15) is 0 Å². The standard InChI is InChI=1S/C18H32O7P2.Na/c1-2-3-4-5-6-7-8-9-10-11-14-17-15-12-13-16-18(17)24-27(22,23)25-26(19,20)21;/h12-13,15-16H,2-11,14H2,1H3,(H,22,23)(H2,19,20,21);/q;+1/p-1. The van der Waals surface area contributed by atoms with Gasteiger partial charge in [0.25, 0.3) is 0 Å². The summed E-state index contributed by atoms with van der Waals surface area (Å²) in [6.45, 7) is 2.21. The molecule has 10 heteroatoms. The van der Waals surface area contributed by atoms with Crippen LogP contribution in [0.25, 0.3) is 0 Å². The van der Waals surface area contributed by atoms with Gasteiger partial charge in [0.15, 0.2) is 0 Å². The Kier molecular flexibility index (Phi) is 15.3. The summed E-state index contributed by atoms with van der Waals surface area (Å²) in [4.78, 5) is 28.9. The summed E-state index contributed by atoms with van der Waals surface area (Å²) in [5, 5.41) is 0. The van der Waals surface area contributed by atoms with Gasteiger partial charge in [-0.05, 0) is 24.5 Å². The third-order valence-corrected chi connectivity index (χ3v) is 6.26. The third kappa shape index (κ3) is 14.3. The van der Waals surface area contributed by atoms with E-state index in [1.165, 1.54) is 51.0 Å². The van der Waals surface area contributed by atoms with Crippen molar-refractivity contribution in [2.24, 2.45) is 0 Å². The van der Waals surface area contributed by atoms with E-state index in [4.69, 9.17) is 14.3 Å². The van der Waals surface area contributed by atoms with Crippen molar-refractivity contribution in [2.45, 2.75) is 77.6 Å². The molecule has 0 aliphatic carbocycles. The fourth-order valence-corrected chi connectivity index (χ4v) is 4.46. The van der Waals surface area contributed by atoms with Gasteiger partial charge in [0.1, 0.15) is 5.75 Å². The predicted octanol–water partition coefficient (Wildman–Crippen LogP) is 2.11. The van der Waals surface area contributed by atoms with Crippen LogP contribution in [0.1, 0.15) is 76.7 Å². The number of phosphoric acid groups is 2. The molecular weight excluding hydrogens is 413 g/mol. The average Bonchev–Trinajstić information content (AvgIpc) is 2.55. The van der Waals surface area contributed by atoms with Crippen LogP contribution < -0.4 is 39.0 Å². The summed E-state index contributed by atoms with van der Waals surface area (Å²) in [5.74, 6) is 0.0419. The van der Waals surface area contributed by atoms with Gasteiger partial charge in [0.05, 0.1) is 0 Å². The van der Waals surface area contributed by atoms with Crippen LogP contribution in [0.5, 0.6) is 5.75 Å². The minimum Gasteiger partial charge on any atom is -0.746 e. The van der Waals surface area contributed by atoms with Crippen molar-refractivity contribution in [1.29, 1.82) is 0 Å². The molecule has 156 valence electrons. The van der Waals surface area contributed by atoms with Crippen molar-refractivity contribution >= 4 is 15.6 Å². The first-order valence-electron chi connectivity index (χ1n) is 9.59. The second-order valence-electron chi connectivity index (χ2n) is 6.65. The van der Waals surface area contributed by atoms with Crippen LogP contribution in [0.15, 0.2) is 24.3 Å². The zero-order valence-corrected chi connectivity index (χ0v) is 20.7. The first-order chi connectivity index (χ1) is 12.7. The van der Waals surface area contributed by atoms with Crippen LogP contribution in [0.2, 0.25) is 0 Å². The molecule has 0 saturated heterocycles. The fraction of sp³-hybridized carbons (Fsp3) is 0.667. The smallest absolute Gasteiger partial charge is 0.746 e. The zero-order valence-electron chi connectivity index (χ0n) is 16.9. The molecule has 1 unspecified atom stereocenters. The van der Waals surface area contributed by atoms with Gasteiger partial charge < -0.3 is 19.2 Å². The van der Waals surface area contributed by atoms with E-state index in [1.54, 1.807) is 18.2 Å². The summed E-state index contributed by atoms with van der Waals surface area (Å²) in [7, 11) is -10.3. The maximum atomic E-state index is 11.6. The number of phosphoric ester groups is 1. The number of aryl methyl sites for hydroxylation is 1. The molecule has 2 N–H and O–H groups in total. The summed E-state index contributed by atoms with van der Waals surface area (Å²) < 4.78 is 30.8. The maximum Gasteiger partial charge on any atom is 1.00 e. The van der Waals surface area contributed by atoms with E-state index in [9.17, 15) is 14.0 Å². The molecule has 0 aliphatic heterocycles. The maximum absolute atomic E-state index is 11.6. The van der Waals surface area contributed by atoms with Crippen molar-refractivity contribution in [3.63, 3.8) is 0 Å². The van der Waals surface area contributed by atoms with Gasteiger partial charge >= 0.3 is 45.2 Å². The van der Waals surface area contributed by atoms with E-state index in [0.29, 0.717) is 12.0 Å². The van der Waals surface area contributed by atoms with Crippen molar-refractivity contribution in [3.8, 4) is 5.75 Å². The van der Waals surface area contributed by atoms with Crippen molar-refractivity contribution < 1.29 is 62.2 Å². The van der Waals surface area contributed by atoms with Crippen molar-refractivity contribution in [1.82, 2.24) is 0 Å². The van der Waals surface area contributed by atoms with Crippen LogP contribution >= 0.6 is 15.6 Å². The Morgan fingerprint density at radius 2 is 1.39 bits per heavy atom. The largest absolute Gasteiger partial charge is 1.00 e. The summed E-state index contributed by atoms with van der Waals surface area (Å²) >= 11 is 0. The summed E-state index contributed by atoms with van der Waals surface area (Å²) in [5.41, 5.74) is 0.669. The third-order valence-electron chi connectivity index (χ3n) is 4.19. The molecule has 0 saturated carbocycles. The van der Waals surface area contributed by atoms with E-state index in [-0.39, 0.29) is 35.3 Å². The van der Waals surface area contributed by atoms with Gasteiger partial charge in [-0.1, -0.05) is 82.9 Å². The van der Waals surface area contributed by atoms with Crippen LogP contribution in [-0.4, -0.2) is 9.79 Å². The first-order valence-corrected chi connectivity index (χ1v) is 12.6. The molecule has 0 spiro atoms. The van der Waals surface area contributed by atoms with Gasteiger partial charge in [-0.3, -0.25) is 4.57 Å². The van der Waals surface area contributed by atoms with Crippen LogP contribution in [0.4, 0.5) is 0 Å². The Morgan fingerprint density at radius 3 is 1.93 bits per heavy atom. The number of para-hydroxylation sites is 1. The summed E-state index contributed by atoms with van der Waals surface area (Å²) in [6.07, 6.45) is 12.6. The molecule has 0 heterocycles. The predicted molar refractivity (Wildman–Crippen MR) is 103 cm³/mol. The van der Waals surface area contributed by atoms with E-state index < -0.39 is 15.6 Å². The molecule has 1 atom stereocenters. The normalized spacial score (nSPS) is 13.6. The number of hydrogen-bond acceptors (Lipinski definition) is 5. The van der Waals surface area contributed by atoms with Gasteiger partial charge in [-0.25, -0.2) is 8.88 Å². The fourth-order valence-electron chi connectivity index (χ4n) is 2.87. The van der Waals surface area contributed by atoms with Crippen LogP contribution in [0.3, 0.4) is 0 Å². The first kappa shape index (κ1) is 28.3. The monoisotopic (exact) mass is 444 g/mol. The van der Waals surface area contributed by atoms with E-state index >= 15 is 0 Å². The SMILES string of the molecule is CCCCCCCCCCCCc1ccccc1OP(=O)([O-])OP(=O)(O)O.[Na+]. The molecule has 1 rings (SSSR count). The van der Waals surface area contributed by atoms with E-state index in [0.717, 1.165) is 19.3 Å². The van der Waals surface area contributed by atoms with Crippen molar-refractivity contribution in [3.05, 3.63) is 29.8 Å². The Morgan fingerprint density at radius 1 is 0.893 bits per heavy atom. The van der Waals surface area contributed by atoms with Crippen molar-refractivity contribution in [2.75, 3.05) is 0 Å². The van der Waals surface area contributed by atoms with E-state index in [1.807, 2.05) is 0 Å². The molecule has 1 aromatic rings. The molecule has 0 amide bonds. The second kappa shape index (κ2) is 15.2. The number of rotatable bonds is 15. The number of benzene rings is 1. The molecule has 0 fully saturated rings. The molecule has 28 heavy (non-hydrogen) atoms. The molecular formula is C18H31NaO7P2. The van der Waals surface area contributed by atoms with E-state index in [2.05, 4.69) is 11.2 Å².